The second-order valence-corrected chi connectivity index (χ2v) is 8.92. The maximum atomic E-state index is 13.2. The topological polar surface area (TPSA) is 89.8 Å². The Morgan fingerprint density at radius 1 is 1.00 bits per heavy atom. The predicted octanol–water partition coefficient (Wildman–Crippen LogP) is 4.12. The third-order valence-electron chi connectivity index (χ3n) is 6.15. The number of hydrogen-bond acceptors (Lipinski definition) is 4. The fourth-order valence-corrected chi connectivity index (χ4v) is 4.60. The van der Waals surface area contributed by atoms with Crippen molar-refractivity contribution < 1.29 is 14.8 Å². The highest BCUT2D eigenvalue weighted by atomic mass is 16.5. The SMILES string of the molecule is C[C@@H]1CN(Cc2ccc(/C=C/C(=O)NO)cc2)C[C@H](C)N1C(=O)Nc1cccc(-n2cccc2)c1. The molecule has 2 aromatic carbocycles. The first-order chi connectivity index (χ1) is 16.9. The lowest BCUT2D eigenvalue weighted by Crippen LogP contribution is -2.59. The fourth-order valence-electron chi connectivity index (χ4n) is 4.60. The van der Waals surface area contributed by atoms with Gasteiger partial charge in [-0.1, -0.05) is 30.3 Å². The van der Waals surface area contributed by atoms with Gasteiger partial charge in [0.25, 0.3) is 5.91 Å². The average molecular weight is 474 g/mol. The minimum Gasteiger partial charge on any atom is -0.324 e. The van der Waals surface area contributed by atoms with Gasteiger partial charge in [0.2, 0.25) is 0 Å². The molecule has 0 aliphatic carbocycles. The molecule has 2 atom stereocenters. The summed E-state index contributed by atoms with van der Waals surface area (Å²) < 4.78 is 2.01. The molecule has 0 spiro atoms. The molecule has 3 amide bonds. The Morgan fingerprint density at radius 2 is 1.69 bits per heavy atom. The number of anilines is 1. The van der Waals surface area contributed by atoms with Crippen LogP contribution in [0.4, 0.5) is 10.5 Å². The van der Waals surface area contributed by atoms with Gasteiger partial charge < -0.3 is 14.8 Å². The number of hydrogen-bond donors (Lipinski definition) is 3. The molecule has 4 rings (SSSR count). The van der Waals surface area contributed by atoms with Crippen LogP contribution in [0, 0.1) is 0 Å². The average Bonchev–Trinajstić information content (AvgIpc) is 3.38. The number of benzene rings is 2. The van der Waals surface area contributed by atoms with Crippen molar-refractivity contribution >= 4 is 23.7 Å². The van der Waals surface area contributed by atoms with Gasteiger partial charge in [0.15, 0.2) is 0 Å². The maximum absolute atomic E-state index is 13.2. The van der Waals surface area contributed by atoms with E-state index in [0.29, 0.717) is 0 Å². The van der Waals surface area contributed by atoms with Crippen LogP contribution in [0.5, 0.6) is 0 Å². The van der Waals surface area contributed by atoms with Crippen molar-refractivity contribution in [3.05, 3.63) is 90.3 Å². The van der Waals surface area contributed by atoms with E-state index in [1.54, 1.807) is 11.6 Å². The lowest BCUT2D eigenvalue weighted by Gasteiger charge is -2.44. The number of urea groups is 1. The Morgan fingerprint density at radius 3 is 2.34 bits per heavy atom. The highest BCUT2D eigenvalue weighted by Gasteiger charge is 2.32. The highest BCUT2D eigenvalue weighted by molar-refractivity contribution is 5.91. The van der Waals surface area contributed by atoms with Crippen LogP contribution in [-0.2, 0) is 11.3 Å². The normalized spacial score (nSPS) is 18.5. The Hall–Kier alpha value is -3.88. The van der Waals surface area contributed by atoms with Crippen LogP contribution in [-0.4, -0.2) is 56.7 Å². The molecule has 35 heavy (non-hydrogen) atoms. The molecule has 1 aliphatic heterocycles. The largest absolute Gasteiger partial charge is 0.324 e. The number of rotatable bonds is 6. The van der Waals surface area contributed by atoms with Crippen molar-refractivity contribution in [1.82, 2.24) is 19.8 Å². The number of amides is 3. The summed E-state index contributed by atoms with van der Waals surface area (Å²) in [6, 6.07) is 19.7. The van der Waals surface area contributed by atoms with Crippen molar-refractivity contribution in [3.63, 3.8) is 0 Å². The van der Waals surface area contributed by atoms with Crippen molar-refractivity contribution in [3.8, 4) is 5.69 Å². The minimum absolute atomic E-state index is 0.0607. The Labute approximate surface area is 205 Å². The molecular formula is C27H31N5O3. The molecule has 8 heteroatoms. The number of carbonyl (C=O) groups is 2. The van der Waals surface area contributed by atoms with Crippen LogP contribution >= 0.6 is 0 Å². The highest BCUT2D eigenvalue weighted by Crippen LogP contribution is 2.21. The summed E-state index contributed by atoms with van der Waals surface area (Å²) in [5.74, 6) is -0.562. The van der Waals surface area contributed by atoms with Crippen LogP contribution < -0.4 is 10.8 Å². The van der Waals surface area contributed by atoms with Crippen LogP contribution in [0.1, 0.15) is 25.0 Å². The van der Waals surface area contributed by atoms with Gasteiger partial charge in [-0.2, -0.15) is 0 Å². The molecule has 2 heterocycles. The molecule has 3 aromatic rings. The zero-order chi connectivity index (χ0) is 24.8. The summed E-state index contributed by atoms with van der Waals surface area (Å²) in [4.78, 5) is 28.6. The number of nitrogens with one attached hydrogen (secondary N) is 2. The number of piperazine rings is 1. The van der Waals surface area contributed by atoms with E-state index in [4.69, 9.17) is 5.21 Å². The molecule has 1 saturated heterocycles. The van der Waals surface area contributed by atoms with Gasteiger partial charge in [0, 0.05) is 61.6 Å². The predicted molar refractivity (Wildman–Crippen MR) is 136 cm³/mol. The van der Waals surface area contributed by atoms with E-state index >= 15 is 0 Å². The van der Waals surface area contributed by atoms with Crippen molar-refractivity contribution in [2.24, 2.45) is 0 Å². The van der Waals surface area contributed by atoms with Crippen molar-refractivity contribution in [2.75, 3.05) is 18.4 Å². The monoisotopic (exact) mass is 473 g/mol. The summed E-state index contributed by atoms with van der Waals surface area (Å²) in [5.41, 5.74) is 5.38. The van der Waals surface area contributed by atoms with Crippen LogP contribution in [0.15, 0.2) is 79.1 Å². The van der Waals surface area contributed by atoms with Crippen LogP contribution in [0.25, 0.3) is 11.8 Å². The molecular weight excluding hydrogens is 442 g/mol. The second kappa shape index (κ2) is 11.0. The zero-order valence-corrected chi connectivity index (χ0v) is 20.0. The Balaban J connectivity index is 1.34. The van der Waals surface area contributed by atoms with Crippen molar-refractivity contribution in [2.45, 2.75) is 32.5 Å². The first-order valence-electron chi connectivity index (χ1n) is 11.7. The first kappa shape index (κ1) is 24.3. The van der Waals surface area contributed by atoms with Gasteiger partial charge in [0.05, 0.1) is 0 Å². The van der Waals surface area contributed by atoms with Crippen LogP contribution in [0.3, 0.4) is 0 Å². The zero-order valence-electron chi connectivity index (χ0n) is 20.0. The van der Waals surface area contributed by atoms with E-state index < -0.39 is 5.91 Å². The molecule has 1 aromatic heterocycles. The van der Waals surface area contributed by atoms with E-state index in [-0.39, 0.29) is 18.1 Å². The summed E-state index contributed by atoms with van der Waals surface area (Å²) >= 11 is 0. The Kier molecular flexibility index (Phi) is 7.64. The molecule has 1 fully saturated rings. The van der Waals surface area contributed by atoms with E-state index in [0.717, 1.165) is 42.1 Å². The van der Waals surface area contributed by atoms with E-state index in [1.807, 2.05) is 82.5 Å². The lowest BCUT2D eigenvalue weighted by atomic mass is 10.1. The number of aromatic nitrogens is 1. The van der Waals surface area contributed by atoms with Crippen molar-refractivity contribution in [1.29, 1.82) is 0 Å². The van der Waals surface area contributed by atoms with Gasteiger partial charge in [-0.25, -0.2) is 10.3 Å². The molecule has 0 saturated carbocycles. The van der Waals surface area contributed by atoms with E-state index in [9.17, 15) is 9.59 Å². The lowest BCUT2D eigenvalue weighted by molar-refractivity contribution is -0.124. The second-order valence-electron chi connectivity index (χ2n) is 8.92. The Bertz CT molecular complexity index is 1160. The summed E-state index contributed by atoms with van der Waals surface area (Å²) in [7, 11) is 0. The first-order valence-corrected chi connectivity index (χ1v) is 11.7. The molecule has 0 bridgehead atoms. The molecule has 182 valence electrons. The smallest absolute Gasteiger partial charge is 0.322 e. The maximum Gasteiger partial charge on any atom is 0.322 e. The summed E-state index contributed by atoms with van der Waals surface area (Å²) in [6.45, 7) is 6.50. The number of hydroxylamine groups is 1. The van der Waals surface area contributed by atoms with E-state index in [2.05, 4.69) is 24.1 Å². The third kappa shape index (κ3) is 6.17. The molecule has 3 N–H and O–H groups in total. The minimum atomic E-state index is -0.562. The number of carbonyl (C=O) groups excluding carboxylic acids is 2. The standard InChI is InChI=1S/C27H31N5O3/c1-20-17-30(19-23-10-8-22(9-11-23)12-13-26(33)29-35)18-21(2)32(20)27(34)28-24-6-5-7-25(16-24)31-14-3-4-15-31/h3-16,20-21,35H,17-19H2,1-2H3,(H,28,34)(H,29,33)/b13-12+/t20-,21+. The number of nitrogens with zero attached hydrogens (tertiary/aromatic N) is 3. The van der Waals surface area contributed by atoms with Gasteiger partial charge in [-0.15, -0.1) is 0 Å². The molecule has 0 radical (unpaired) electrons. The quantitative estimate of drug-likeness (QED) is 0.285. The third-order valence-corrected chi connectivity index (χ3v) is 6.15. The fraction of sp³-hybridized carbons (Fsp3) is 0.259. The summed E-state index contributed by atoms with van der Waals surface area (Å²) in [6.07, 6.45) is 6.87. The molecule has 1 aliphatic rings. The van der Waals surface area contributed by atoms with E-state index in [1.165, 1.54) is 6.08 Å². The molecule has 8 nitrogen and oxygen atoms in total. The van der Waals surface area contributed by atoms with Gasteiger partial charge >= 0.3 is 6.03 Å². The van der Waals surface area contributed by atoms with Crippen LogP contribution in [0.2, 0.25) is 0 Å². The van der Waals surface area contributed by atoms with Gasteiger partial charge in [-0.3, -0.25) is 14.9 Å². The summed E-state index contributed by atoms with van der Waals surface area (Å²) in [5, 5.41) is 11.6. The molecule has 0 unspecified atom stereocenters. The van der Waals surface area contributed by atoms with Gasteiger partial charge in [-0.05, 0) is 61.4 Å². The van der Waals surface area contributed by atoms with Gasteiger partial charge in [0.1, 0.15) is 0 Å².